The molecule has 0 bridgehead atoms. The van der Waals surface area contributed by atoms with Gasteiger partial charge in [0.15, 0.2) is 0 Å². The maximum absolute atomic E-state index is 13.1. The molecule has 0 aromatic carbocycles. The Morgan fingerprint density at radius 3 is 1.18 bits per heavy atom. The summed E-state index contributed by atoms with van der Waals surface area (Å²) in [7, 11) is 0. The van der Waals surface area contributed by atoms with Gasteiger partial charge in [-0.2, -0.15) is 0 Å². The SMILES string of the molecule is CC(=O)NCCCCC(NC(C)=O)C(=O)NCCCCC(NC(=O)C(CCCCNC(C)=O)NC(C)=O)C(=O)NCCC(=O)O. The average Bonchev–Trinajstić information content (AvgIpc) is 2.93. The second-order valence-electron chi connectivity index (χ2n) is 10.7. The van der Waals surface area contributed by atoms with Gasteiger partial charge in [0.1, 0.15) is 18.1 Å². The van der Waals surface area contributed by atoms with E-state index in [4.69, 9.17) is 5.11 Å². The zero-order valence-electron chi connectivity index (χ0n) is 26.8. The first kappa shape index (κ1) is 40.8. The van der Waals surface area contributed by atoms with Crippen molar-refractivity contribution in [3.05, 3.63) is 0 Å². The molecule has 8 N–H and O–H groups in total. The molecule has 45 heavy (non-hydrogen) atoms. The number of nitrogens with one attached hydrogen (secondary N) is 7. The normalized spacial score (nSPS) is 12.4. The molecule has 0 saturated heterocycles. The molecular formula is C29H51N7O9. The molecule has 7 amide bonds. The Kier molecular flexibility index (Phi) is 21.9. The summed E-state index contributed by atoms with van der Waals surface area (Å²) < 4.78 is 0. The zero-order chi connectivity index (χ0) is 34.2. The molecule has 256 valence electrons. The van der Waals surface area contributed by atoms with E-state index < -0.39 is 41.8 Å². The lowest BCUT2D eigenvalue weighted by molar-refractivity contribution is -0.137. The molecule has 0 spiro atoms. The Bertz CT molecular complexity index is 1010. The third-order valence-corrected chi connectivity index (χ3v) is 6.46. The predicted octanol–water partition coefficient (Wildman–Crippen LogP) is -1.03. The molecule has 0 aromatic rings. The van der Waals surface area contributed by atoms with Crippen molar-refractivity contribution in [3.8, 4) is 0 Å². The maximum Gasteiger partial charge on any atom is 0.305 e. The van der Waals surface area contributed by atoms with E-state index in [1.807, 2.05) is 0 Å². The van der Waals surface area contributed by atoms with Gasteiger partial charge in [-0.3, -0.25) is 38.4 Å². The third kappa shape index (κ3) is 22.9. The summed E-state index contributed by atoms with van der Waals surface area (Å²) in [5.41, 5.74) is 0. The van der Waals surface area contributed by atoms with Gasteiger partial charge in [-0.1, -0.05) is 0 Å². The van der Waals surface area contributed by atoms with Gasteiger partial charge in [0.25, 0.3) is 0 Å². The predicted molar refractivity (Wildman–Crippen MR) is 164 cm³/mol. The van der Waals surface area contributed by atoms with E-state index >= 15 is 0 Å². The summed E-state index contributed by atoms with van der Waals surface area (Å²) >= 11 is 0. The van der Waals surface area contributed by atoms with Crippen LogP contribution in [0.15, 0.2) is 0 Å². The lowest BCUT2D eigenvalue weighted by atomic mass is 10.0. The number of carboxylic acids is 1. The molecule has 0 aliphatic carbocycles. The zero-order valence-corrected chi connectivity index (χ0v) is 26.8. The van der Waals surface area contributed by atoms with Crippen molar-refractivity contribution in [1.82, 2.24) is 37.2 Å². The summed E-state index contributed by atoms with van der Waals surface area (Å²) in [5.74, 6) is -3.72. The minimum absolute atomic E-state index is 0.135. The molecule has 0 rings (SSSR count). The van der Waals surface area contributed by atoms with Gasteiger partial charge in [-0.05, 0) is 57.8 Å². The van der Waals surface area contributed by atoms with Crippen LogP contribution in [0.25, 0.3) is 0 Å². The van der Waals surface area contributed by atoms with Crippen LogP contribution in [0, 0.1) is 0 Å². The van der Waals surface area contributed by atoms with Crippen LogP contribution >= 0.6 is 0 Å². The summed E-state index contributed by atoms with van der Waals surface area (Å²) in [5, 5.41) is 27.3. The smallest absolute Gasteiger partial charge is 0.305 e. The van der Waals surface area contributed by atoms with Gasteiger partial charge in [0.05, 0.1) is 6.42 Å². The molecule has 16 nitrogen and oxygen atoms in total. The highest BCUT2D eigenvalue weighted by molar-refractivity contribution is 5.92. The van der Waals surface area contributed by atoms with Crippen LogP contribution in [0.5, 0.6) is 0 Å². The molecule has 0 radical (unpaired) electrons. The Morgan fingerprint density at radius 2 is 0.800 bits per heavy atom. The van der Waals surface area contributed by atoms with E-state index in [-0.39, 0.29) is 56.0 Å². The summed E-state index contributed by atoms with van der Waals surface area (Å²) in [6.07, 6.45) is 3.71. The van der Waals surface area contributed by atoms with E-state index in [0.717, 1.165) is 0 Å². The fraction of sp³-hybridized carbons (Fsp3) is 0.724. The molecule has 0 heterocycles. The van der Waals surface area contributed by atoms with Crippen LogP contribution in [0.1, 0.15) is 91.9 Å². The number of aliphatic carboxylic acids is 1. The minimum Gasteiger partial charge on any atom is -0.481 e. The Hall–Kier alpha value is -4.24. The van der Waals surface area contributed by atoms with Crippen molar-refractivity contribution in [2.45, 2.75) is 110 Å². The van der Waals surface area contributed by atoms with E-state index in [1.54, 1.807) is 0 Å². The van der Waals surface area contributed by atoms with Crippen molar-refractivity contribution in [3.63, 3.8) is 0 Å². The number of carboxylic acid groups (broad SMARTS) is 1. The van der Waals surface area contributed by atoms with Crippen LogP contribution in [0.2, 0.25) is 0 Å². The highest BCUT2D eigenvalue weighted by atomic mass is 16.4. The maximum atomic E-state index is 13.1. The molecule has 3 unspecified atom stereocenters. The first-order chi connectivity index (χ1) is 21.2. The number of rotatable bonds is 24. The second-order valence-corrected chi connectivity index (χ2v) is 10.7. The Morgan fingerprint density at radius 1 is 0.444 bits per heavy atom. The van der Waals surface area contributed by atoms with Crippen LogP contribution < -0.4 is 37.2 Å². The van der Waals surface area contributed by atoms with Crippen LogP contribution in [-0.4, -0.2) is 96.7 Å². The van der Waals surface area contributed by atoms with Gasteiger partial charge >= 0.3 is 5.97 Å². The average molecular weight is 642 g/mol. The fourth-order valence-electron chi connectivity index (χ4n) is 4.27. The highest BCUT2D eigenvalue weighted by Gasteiger charge is 2.26. The molecule has 16 heteroatoms. The number of unbranched alkanes of at least 4 members (excludes halogenated alkanes) is 3. The lowest BCUT2D eigenvalue weighted by Crippen LogP contribution is -2.53. The van der Waals surface area contributed by atoms with Gasteiger partial charge in [0.2, 0.25) is 41.4 Å². The quantitative estimate of drug-likeness (QED) is 0.0600. The molecular weight excluding hydrogens is 590 g/mol. The highest BCUT2D eigenvalue weighted by Crippen LogP contribution is 2.07. The van der Waals surface area contributed by atoms with Crippen LogP contribution in [-0.2, 0) is 38.4 Å². The molecule has 0 aromatic heterocycles. The van der Waals surface area contributed by atoms with E-state index in [0.29, 0.717) is 58.0 Å². The standard InChI is InChI=1S/C29H51N7O9/c1-19(37)30-15-8-5-11-23(34-21(3)39)27(43)32-17-10-7-12-24(28(44)33-18-14-26(41)42)36-29(45)25(35-22(4)40)13-6-9-16-31-20(2)38/h23-25H,5-18H2,1-4H3,(H,30,37)(H,31,38)(H,32,43)(H,33,44)(H,34,39)(H,35,40)(H,36,45)(H,41,42). The number of hydrogen-bond acceptors (Lipinski definition) is 8. The van der Waals surface area contributed by atoms with E-state index in [1.165, 1.54) is 27.7 Å². The summed E-state index contributed by atoms with van der Waals surface area (Å²) in [4.78, 5) is 94.8. The lowest BCUT2D eigenvalue weighted by Gasteiger charge is -2.23. The molecule has 0 fully saturated rings. The van der Waals surface area contributed by atoms with Crippen LogP contribution in [0.3, 0.4) is 0 Å². The Balaban J connectivity index is 5.10. The van der Waals surface area contributed by atoms with E-state index in [9.17, 15) is 38.4 Å². The van der Waals surface area contributed by atoms with Crippen molar-refractivity contribution in [2.24, 2.45) is 0 Å². The minimum atomic E-state index is -1.10. The summed E-state index contributed by atoms with van der Waals surface area (Å²) in [6.45, 7) is 6.38. The van der Waals surface area contributed by atoms with Gasteiger partial charge in [0, 0.05) is 53.9 Å². The third-order valence-electron chi connectivity index (χ3n) is 6.46. The Labute approximate surface area is 264 Å². The number of hydrogen-bond donors (Lipinski definition) is 8. The molecule has 0 aliphatic rings. The van der Waals surface area contributed by atoms with Gasteiger partial charge < -0.3 is 42.3 Å². The fourth-order valence-corrected chi connectivity index (χ4v) is 4.27. The number of amides is 7. The van der Waals surface area contributed by atoms with Gasteiger partial charge in [-0.15, -0.1) is 0 Å². The first-order valence-corrected chi connectivity index (χ1v) is 15.3. The number of carbonyl (C=O) groups excluding carboxylic acids is 7. The summed E-state index contributed by atoms with van der Waals surface area (Å²) in [6, 6.07) is -2.68. The van der Waals surface area contributed by atoms with Crippen LogP contribution in [0.4, 0.5) is 0 Å². The molecule has 3 atom stereocenters. The van der Waals surface area contributed by atoms with Crippen molar-refractivity contribution >= 4 is 47.3 Å². The number of carbonyl (C=O) groups is 8. The largest absolute Gasteiger partial charge is 0.481 e. The molecule has 0 aliphatic heterocycles. The molecule has 0 saturated carbocycles. The van der Waals surface area contributed by atoms with Crippen molar-refractivity contribution in [2.75, 3.05) is 26.2 Å². The topological polar surface area (TPSA) is 241 Å². The van der Waals surface area contributed by atoms with Gasteiger partial charge in [-0.25, -0.2) is 0 Å². The van der Waals surface area contributed by atoms with Crippen molar-refractivity contribution < 1.29 is 43.5 Å². The second kappa shape index (κ2) is 24.1. The van der Waals surface area contributed by atoms with E-state index in [2.05, 4.69) is 37.2 Å². The monoisotopic (exact) mass is 641 g/mol. The van der Waals surface area contributed by atoms with Crippen molar-refractivity contribution in [1.29, 1.82) is 0 Å². The first-order valence-electron chi connectivity index (χ1n) is 15.3.